The molecule has 0 unspecified atom stereocenters. The molecule has 0 spiro atoms. The number of nitriles is 1. The molecule has 8 heteroatoms. The van der Waals surface area contributed by atoms with Gasteiger partial charge in [-0.1, -0.05) is 44.2 Å². The van der Waals surface area contributed by atoms with E-state index < -0.39 is 36.0 Å². The number of carboxylic acids is 1. The maximum absolute atomic E-state index is 12.5. The van der Waals surface area contributed by atoms with Crippen LogP contribution in [0.5, 0.6) is 0 Å². The molecule has 0 aliphatic rings. The van der Waals surface area contributed by atoms with E-state index in [2.05, 4.69) is 10.6 Å². The quantitative estimate of drug-likeness (QED) is 0.606. The van der Waals surface area contributed by atoms with E-state index in [1.54, 1.807) is 32.9 Å². The molecule has 0 aliphatic heterocycles. The number of alkyl carbamates (subject to hydrolysis) is 1. The number of carboxylic acid groups (broad SMARTS) is 1. The van der Waals surface area contributed by atoms with Gasteiger partial charge in [-0.25, -0.2) is 9.59 Å². The molecule has 8 nitrogen and oxygen atoms in total. The summed E-state index contributed by atoms with van der Waals surface area (Å²) in [5.74, 6) is -2.70. The van der Waals surface area contributed by atoms with Crippen molar-refractivity contribution in [2.75, 3.05) is 0 Å². The van der Waals surface area contributed by atoms with Crippen molar-refractivity contribution in [2.24, 2.45) is 11.8 Å². The van der Waals surface area contributed by atoms with Gasteiger partial charge >= 0.3 is 12.1 Å². The lowest BCUT2D eigenvalue weighted by molar-refractivity contribution is -0.142. The number of nitrogens with zero attached hydrogens (tertiary/aromatic N) is 1. The van der Waals surface area contributed by atoms with Gasteiger partial charge in [0, 0.05) is 5.92 Å². The summed E-state index contributed by atoms with van der Waals surface area (Å²) < 4.78 is 5.10. The highest BCUT2D eigenvalue weighted by Gasteiger charge is 2.29. The fourth-order valence-corrected chi connectivity index (χ4v) is 2.32. The van der Waals surface area contributed by atoms with Crippen LogP contribution in [0.4, 0.5) is 4.79 Å². The Balaban J connectivity index is 2.67. The van der Waals surface area contributed by atoms with Crippen molar-refractivity contribution in [3.05, 3.63) is 35.9 Å². The molecule has 3 atom stereocenters. The number of hydrogen-bond donors (Lipinski definition) is 3. The standard InChI is InChI=1S/C19H25N3O5/c1-12(2)16(17(23)21-15(18(24)25)9-13(3)10-20)22-19(26)27-11-14-7-5-4-6-8-14/h4-8,12-13,15-16H,9,11H2,1-3H3,(H,21,23)(H,22,26)(H,24,25)/t13-,15+,16+/m0/s1. The van der Waals surface area contributed by atoms with Crippen LogP contribution in [0.1, 0.15) is 32.8 Å². The highest BCUT2D eigenvalue weighted by Crippen LogP contribution is 2.08. The molecular formula is C19H25N3O5. The zero-order chi connectivity index (χ0) is 20.4. The number of carbonyl (C=O) groups excluding carboxylic acids is 2. The van der Waals surface area contributed by atoms with E-state index in [1.165, 1.54) is 0 Å². The smallest absolute Gasteiger partial charge is 0.408 e. The average Bonchev–Trinajstić information content (AvgIpc) is 2.64. The summed E-state index contributed by atoms with van der Waals surface area (Å²) in [5, 5.41) is 22.9. The zero-order valence-electron chi connectivity index (χ0n) is 15.6. The second-order valence-electron chi connectivity index (χ2n) is 6.59. The fourth-order valence-electron chi connectivity index (χ4n) is 2.32. The van der Waals surface area contributed by atoms with Crippen LogP contribution in [0.3, 0.4) is 0 Å². The molecule has 0 bridgehead atoms. The van der Waals surface area contributed by atoms with Crippen LogP contribution in [0.25, 0.3) is 0 Å². The molecule has 2 amide bonds. The number of benzene rings is 1. The summed E-state index contributed by atoms with van der Waals surface area (Å²) in [5.41, 5.74) is 0.801. The minimum absolute atomic E-state index is 0.0269. The molecule has 0 heterocycles. The zero-order valence-corrected chi connectivity index (χ0v) is 15.6. The number of nitrogens with one attached hydrogen (secondary N) is 2. The lowest BCUT2D eigenvalue weighted by Gasteiger charge is -2.24. The Hall–Kier alpha value is -3.08. The summed E-state index contributed by atoms with van der Waals surface area (Å²) in [6.45, 7) is 5.06. The van der Waals surface area contributed by atoms with Crippen molar-refractivity contribution in [1.29, 1.82) is 5.26 Å². The van der Waals surface area contributed by atoms with Gasteiger partial charge in [-0.2, -0.15) is 5.26 Å². The minimum atomic E-state index is -1.24. The van der Waals surface area contributed by atoms with E-state index in [0.717, 1.165) is 5.56 Å². The van der Waals surface area contributed by atoms with E-state index in [-0.39, 0.29) is 18.9 Å². The Morgan fingerprint density at radius 3 is 2.30 bits per heavy atom. The van der Waals surface area contributed by atoms with Crippen LogP contribution in [0.15, 0.2) is 30.3 Å². The van der Waals surface area contributed by atoms with E-state index in [1.807, 2.05) is 24.3 Å². The van der Waals surface area contributed by atoms with Crippen molar-refractivity contribution < 1.29 is 24.2 Å². The number of aliphatic carboxylic acids is 1. The predicted octanol–water partition coefficient (Wildman–Crippen LogP) is 2.06. The first-order chi connectivity index (χ1) is 12.7. The molecule has 0 saturated heterocycles. The number of amides is 2. The lowest BCUT2D eigenvalue weighted by atomic mass is 10.0. The van der Waals surface area contributed by atoms with Gasteiger partial charge < -0.3 is 20.5 Å². The van der Waals surface area contributed by atoms with E-state index in [9.17, 15) is 19.5 Å². The van der Waals surface area contributed by atoms with Gasteiger partial charge in [0.1, 0.15) is 18.7 Å². The van der Waals surface area contributed by atoms with Gasteiger partial charge in [0.05, 0.1) is 6.07 Å². The molecule has 1 rings (SSSR count). The maximum atomic E-state index is 12.5. The Labute approximate surface area is 158 Å². The van der Waals surface area contributed by atoms with E-state index >= 15 is 0 Å². The lowest BCUT2D eigenvalue weighted by Crippen LogP contribution is -2.54. The van der Waals surface area contributed by atoms with Crippen LogP contribution in [0.2, 0.25) is 0 Å². The number of ether oxygens (including phenoxy) is 1. The third-order valence-electron chi connectivity index (χ3n) is 3.86. The minimum Gasteiger partial charge on any atom is -0.480 e. The Kier molecular flexibility index (Phi) is 8.79. The molecule has 27 heavy (non-hydrogen) atoms. The molecule has 146 valence electrons. The largest absolute Gasteiger partial charge is 0.480 e. The second-order valence-corrected chi connectivity index (χ2v) is 6.59. The first-order valence-electron chi connectivity index (χ1n) is 8.64. The molecule has 0 saturated carbocycles. The van der Waals surface area contributed by atoms with Crippen molar-refractivity contribution in [3.63, 3.8) is 0 Å². The summed E-state index contributed by atoms with van der Waals surface area (Å²) in [7, 11) is 0. The van der Waals surface area contributed by atoms with Gasteiger partial charge in [-0.15, -0.1) is 0 Å². The van der Waals surface area contributed by atoms with Crippen molar-refractivity contribution in [2.45, 2.75) is 45.9 Å². The Morgan fingerprint density at radius 1 is 1.15 bits per heavy atom. The van der Waals surface area contributed by atoms with Crippen LogP contribution in [-0.2, 0) is 20.9 Å². The topological polar surface area (TPSA) is 129 Å². The van der Waals surface area contributed by atoms with Gasteiger partial charge in [-0.3, -0.25) is 4.79 Å². The first kappa shape index (κ1) is 22.0. The molecule has 1 aromatic carbocycles. The highest BCUT2D eigenvalue weighted by atomic mass is 16.5. The van der Waals surface area contributed by atoms with Crippen LogP contribution in [0, 0.1) is 23.2 Å². The summed E-state index contributed by atoms with van der Waals surface area (Å²) in [6.07, 6.45) is -0.800. The third-order valence-corrected chi connectivity index (χ3v) is 3.86. The van der Waals surface area contributed by atoms with E-state index in [4.69, 9.17) is 10.00 Å². The van der Waals surface area contributed by atoms with Gasteiger partial charge in [0.25, 0.3) is 0 Å². The molecular weight excluding hydrogens is 350 g/mol. The SMILES string of the molecule is CC(C)[C@@H](NC(=O)OCc1ccccc1)C(=O)N[C@H](C[C@H](C)C#N)C(=O)O. The normalized spacial score (nSPS) is 13.7. The van der Waals surface area contributed by atoms with Crippen molar-refractivity contribution in [1.82, 2.24) is 10.6 Å². The van der Waals surface area contributed by atoms with Gasteiger partial charge in [0.2, 0.25) is 5.91 Å². The average molecular weight is 375 g/mol. The second kappa shape index (κ2) is 10.8. The van der Waals surface area contributed by atoms with Crippen LogP contribution < -0.4 is 10.6 Å². The van der Waals surface area contributed by atoms with E-state index in [0.29, 0.717) is 0 Å². The summed E-state index contributed by atoms with van der Waals surface area (Å²) >= 11 is 0. The molecule has 0 fully saturated rings. The van der Waals surface area contributed by atoms with Crippen molar-refractivity contribution >= 4 is 18.0 Å². The van der Waals surface area contributed by atoms with Crippen LogP contribution >= 0.6 is 0 Å². The molecule has 0 aliphatic carbocycles. The monoisotopic (exact) mass is 375 g/mol. The predicted molar refractivity (Wildman–Crippen MR) is 97.3 cm³/mol. The number of carbonyl (C=O) groups is 3. The van der Waals surface area contributed by atoms with Gasteiger partial charge in [0.15, 0.2) is 0 Å². The maximum Gasteiger partial charge on any atom is 0.408 e. The molecule has 1 aromatic rings. The Bertz CT molecular complexity index is 684. The molecule has 0 aromatic heterocycles. The molecule has 0 radical (unpaired) electrons. The van der Waals surface area contributed by atoms with Crippen molar-refractivity contribution in [3.8, 4) is 6.07 Å². The number of hydrogen-bond acceptors (Lipinski definition) is 5. The number of rotatable bonds is 9. The first-order valence-corrected chi connectivity index (χ1v) is 8.64. The third kappa shape index (κ3) is 7.77. The Morgan fingerprint density at radius 2 is 1.78 bits per heavy atom. The summed E-state index contributed by atoms with van der Waals surface area (Å²) in [6, 6.07) is 8.83. The van der Waals surface area contributed by atoms with Crippen LogP contribution in [-0.4, -0.2) is 35.2 Å². The summed E-state index contributed by atoms with van der Waals surface area (Å²) in [4.78, 5) is 35.8. The highest BCUT2D eigenvalue weighted by molar-refractivity contribution is 5.89. The fraction of sp³-hybridized carbons (Fsp3) is 0.474. The molecule has 3 N–H and O–H groups in total. The van der Waals surface area contributed by atoms with Gasteiger partial charge in [-0.05, 0) is 24.8 Å².